The molecule has 1 N–H and O–H groups in total. The highest BCUT2D eigenvalue weighted by atomic mass is 35.5. The highest BCUT2D eigenvalue weighted by molar-refractivity contribution is 6.32. The zero-order chi connectivity index (χ0) is 28.0. The van der Waals surface area contributed by atoms with Crippen LogP contribution in [0.4, 0.5) is 10.1 Å². The Kier molecular flexibility index (Phi) is 5.93. The third kappa shape index (κ3) is 3.47. The Morgan fingerprint density at radius 1 is 1.03 bits per heavy atom. The van der Waals surface area contributed by atoms with Gasteiger partial charge in [-0.05, 0) is 69.0 Å². The maximum absolute atomic E-state index is 14.3. The van der Waals surface area contributed by atoms with Crippen LogP contribution in [-0.2, 0) is 19.2 Å². The van der Waals surface area contributed by atoms with Gasteiger partial charge in [0.25, 0.3) is 0 Å². The number of hydrogen-bond acceptors (Lipinski definition) is 5. The van der Waals surface area contributed by atoms with Crippen LogP contribution in [0.2, 0.25) is 10.0 Å². The summed E-state index contributed by atoms with van der Waals surface area (Å²) in [6, 6.07) is 8.20. The predicted molar refractivity (Wildman–Crippen MR) is 142 cm³/mol. The van der Waals surface area contributed by atoms with Gasteiger partial charge in [-0.1, -0.05) is 34.9 Å². The molecule has 6 atom stereocenters. The average molecular weight is 571 g/mol. The summed E-state index contributed by atoms with van der Waals surface area (Å²) in [5.41, 5.74) is -0.105. The van der Waals surface area contributed by atoms with Crippen molar-refractivity contribution in [3.63, 3.8) is 0 Å². The van der Waals surface area contributed by atoms with Gasteiger partial charge in [-0.25, -0.2) is 9.29 Å². The maximum Gasteiger partial charge on any atom is 0.241 e. The second-order valence-corrected chi connectivity index (χ2v) is 11.7. The van der Waals surface area contributed by atoms with E-state index in [1.807, 2.05) is 6.08 Å². The molecule has 2 aromatic carbocycles. The fourth-order valence-electron chi connectivity index (χ4n) is 7.36. The Labute approximate surface area is 234 Å². The minimum atomic E-state index is -1.36. The molecule has 4 aliphatic rings. The Hall–Kier alpha value is -3.23. The number of carbonyl (C=O) groups is 4. The second-order valence-electron chi connectivity index (χ2n) is 10.9. The summed E-state index contributed by atoms with van der Waals surface area (Å²) in [5.74, 6) is -5.67. The van der Waals surface area contributed by atoms with Gasteiger partial charge in [0.05, 0.1) is 33.9 Å². The van der Waals surface area contributed by atoms with E-state index in [0.717, 1.165) is 16.5 Å². The van der Waals surface area contributed by atoms with Crippen molar-refractivity contribution in [1.29, 1.82) is 0 Å². The van der Waals surface area contributed by atoms with E-state index in [9.17, 15) is 28.7 Å². The minimum absolute atomic E-state index is 0.0967. The molecule has 10 heteroatoms. The number of amides is 4. The number of fused-ring (bicyclic) bond motifs is 4. The average Bonchev–Trinajstić information content (AvgIpc) is 3.26. The lowest BCUT2D eigenvalue weighted by atomic mass is 9.51. The normalized spacial score (nSPS) is 31.8. The fraction of sp³-hybridized carbons (Fsp3) is 0.379. The predicted octanol–water partition coefficient (Wildman–Crippen LogP) is 5.09. The van der Waals surface area contributed by atoms with Gasteiger partial charge < -0.3 is 5.11 Å². The Morgan fingerprint density at radius 3 is 2.46 bits per heavy atom. The summed E-state index contributed by atoms with van der Waals surface area (Å²) in [7, 11) is 0. The van der Waals surface area contributed by atoms with Gasteiger partial charge in [0, 0.05) is 23.0 Å². The summed E-state index contributed by atoms with van der Waals surface area (Å²) >= 11 is 12.3. The quantitative estimate of drug-likeness (QED) is 0.409. The second kappa shape index (κ2) is 8.89. The molecule has 0 bridgehead atoms. The van der Waals surface area contributed by atoms with Gasteiger partial charge in [-0.2, -0.15) is 0 Å². The van der Waals surface area contributed by atoms with Crippen LogP contribution in [0.5, 0.6) is 5.75 Å². The standard InChI is InChI=1S/C29H25Cl2FN2O5/c1-3-33-25(36)16-7-6-15-17(23(16)27(33)38)12-19-26(37)34(14-5-8-21(32)20(31)11-14)28(39)29(19,2)24(15)18-10-13(30)4-9-22(18)35/h4-6,8-11,16-17,19,23-24,35H,3,7,12H2,1-2H3/t16-,17+,19-,23-,24+,29+/m0/s1. The molecule has 202 valence electrons. The van der Waals surface area contributed by atoms with Crippen molar-refractivity contribution < 1.29 is 28.7 Å². The number of likely N-dealkylation sites (tertiary alicyclic amines) is 1. The van der Waals surface area contributed by atoms with E-state index in [1.54, 1.807) is 19.9 Å². The zero-order valence-corrected chi connectivity index (χ0v) is 22.7. The topological polar surface area (TPSA) is 95.0 Å². The number of rotatable bonds is 3. The number of phenols is 1. The molecule has 0 aromatic heterocycles. The molecule has 4 amide bonds. The molecule has 2 aromatic rings. The number of anilines is 1. The molecule has 7 nitrogen and oxygen atoms in total. The fourth-order valence-corrected chi connectivity index (χ4v) is 7.72. The molecule has 2 aliphatic heterocycles. The van der Waals surface area contributed by atoms with Crippen LogP contribution in [0, 0.1) is 34.9 Å². The van der Waals surface area contributed by atoms with Crippen molar-refractivity contribution in [1.82, 2.24) is 4.90 Å². The zero-order valence-electron chi connectivity index (χ0n) is 21.2. The highest BCUT2D eigenvalue weighted by Crippen LogP contribution is 2.64. The van der Waals surface area contributed by atoms with Crippen LogP contribution < -0.4 is 4.90 Å². The smallest absolute Gasteiger partial charge is 0.241 e. The highest BCUT2D eigenvalue weighted by Gasteiger charge is 2.67. The Morgan fingerprint density at radius 2 is 1.77 bits per heavy atom. The van der Waals surface area contributed by atoms with Crippen molar-refractivity contribution in [2.75, 3.05) is 11.4 Å². The van der Waals surface area contributed by atoms with Gasteiger partial charge >= 0.3 is 0 Å². The molecule has 1 saturated carbocycles. The van der Waals surface area contributed by atoms with Crippen molar-refractivity contribution in [2.24, 2.45) is 29.1 Å². The number of allylic oxidation sites excluding steroid dienone is 2. The molecule has 0 spiro atoms. The lowest BCUT2D eigenvalue weighted by Crippen LogP contribution is -2.48. The molecule has 2 heterocycles. The van der Waals surface area contributed by atoms with Crippen LogP contribution in [0.15, 0.2) is 48.0 Å². The first-order valence-electron chi connectivity index (χ1n) is 12.9. The number of hydrogen-bond donors (Lipinski definition) is 1. The van der Waals surface area contributed by atoms with Crippen LogP contribution in [-0.4, -0.2) is 40.2 Å². The molecular formula is C29H25Cl2FN2O5. The van der Waals surface area contributed by atoms with E-state index in [4.69, 9.17) is 23.2 Å². The number of aromatic hydroxyl groups is 1. The van der Waals surface area contributed by atoms with Gasteiger partial charge in [0.15, 0.2) is 0 Å². The summed E-state index contributed by atoms with van der Waals surface area (Å²) in [5, 5.41) is 11.1. The van der Waals surface area contributed by atoms with Crippen LogP contribution >= 0.6 is 23.2 Å². The third-order valence-corrected chi connectivity index (χ3v) is 9.67. The number of carbonyl (C=O) groups excluding carboxylic acids is 4. The van der Waals surface area contributed by atoms with E-state index >= 15 is 0 Å². The largest absolute Gasteiger partial charge is 0.508 e. The minimum Gasteiger partial charge on any atom is -0.508 e. The van der Waals surface area contributed by atoms with Crippen molar-refractivity contribution in [2.45, 2.75) is 32.6 Å². The molecule has 2 aliphatic carbocycles. The number of benzene rings is 2. The van der Waals surface area contributed by atoms with E-state index < -0.39 is 52.6 Å². The monoisotopic (exact) mass is 570 g/mol. The van der Waals surface area contributed by atoms with E-state index in [2.05, 4.69) is 0 Å². The lowest BCUT2D eigenvalue weighted by Gasteiger charge is -2.49. The molecule has 0 unspecified atom stereocenters. The first-order valence-corrected chi connectivity index (χ1v) is 13.6. The lowest BCUT2D eigenvalue weighted by molar-refractivity contribution is -0.140. The van der Waals surface area contributed by atoms with Crippen molar-refractivity contribution in [3.8, 4) is 5.75 Å². The molecule has 3 fully saturated rings. The van der Waals surface area contributed by atoms with E-state index in [1.165, 1.54) is 29.2 Å². The summed E-state index contributed by atoms with van der Waals surface area (Å²) in [6.07, 6.45) is 2.39. The molecular weight excluding hydrogens is 546 g/mol. The number of halogens is 3. The van der Waals surface area contributed by atoms with Crippen molar-refractivity contribution in [3.05, 3.63) is 69.5 Å². The molecule has 39 heavy (non-hydrogen) atoms. The molecule has 0 radical (unpaired) electrons. The number of nitrogens with zero attached hydrogens (tertiary/aromatic N) is 2. The van der Waals surface area contributed by atoms with Crippen LogP contribution in [0.25, 0.3) is 0 Å². The number of phenolic OH excluding ortho intramolecular Hbond substituents is 1. The van der Waals surface area contributed by atoms with E-state index in [-0.39, 0.29) is 41.2 Å². The van der Waals surface area contributed by atoms with Crippen LogP contribution in [0.1, 0.15) is 38.2 Å². The van der Waals surface area contributed by atoms with Gasteiger partial charge in [-0.15, -0.1) is 0 Å². The Balaban J connectivity index is 1.55. The van der Waals surface area contributed by atoms with Gasteiger partial charge in [-0.3, -0.25) is 24.1 Å². The first kappa shape index (κ1) is 26.0. The van der Waals surface area contributed by atoms with Gasteiger partial charge in [0.2, 0.25) is 23.6 Å². The molecule has 2 saturated heterocycles. The summed E-state index contributed by atoms with van der Waals surface area (Å²) < 4.78 is 13.9. The first-order chi connectivity index (χ1) is 18.5. The molecule has 6 rings (SSSR count). The summed E-state index contributed by atoms with van der Waals surface area (Å²) in [6.45, 7) is 3.69. The number of imide groups is 2. The third-order valence-electron chi connectivity index (χ3n) is 9.14. The SMILES string of the molecule is CCN1C(=O)[C@H]2[C@H](CC=C3[C@H]2C[C@H]2C(=O)N(c4ccc(F)c(Cl)c4)C(=O)[C@@]2(C)[C@H]3c2cc(Cl)ccc2O)C1=O. The maximum atomic E-state index is 14.3. The van der Waals surface area contributed by atoms with Gasteiger partial charge in [0.1, 0.15) is 11.6 Å². The van der Waals surface area contributed by atoms with Crippen LogP contribution in [0.3, 0.4) is 0 Å². The Bertz CT molecular complexity index is 1510. The summed E-state index contributed by atoms with van der Waals surface area (Å²) in [4.78, 5) is 57.1. The van der Waals surface area contributed by atoms with E-state index in [0.29, 0.717) is 17.0 Å². The van der Waals surface area contributed by atoms with Crippen molar-refractivity contribution >= 4 is 52.5 Å².